The van der Waals surface area contributed by atoms with Crippen molar-refractivity contribution < 1.29 is 14.3 Å². The van der Waals surface area contributed by atoms with Crippen molar-refractivity contribution in [1.29, 1.82) is 0 Å². The summed E-state index contributed by atoms with van der Waals surface area (Å²) >= 11 is 0. The van der Waals surface area contributed by atoms with Crippen molar-refractivity contribution in [1.82, 2.24) is 9.91 Å². The van der Waals surface area contributed by atoms with E-state index in [1.807, 2.05) is 18.2 Å². The lowest BCUT2D eigenvalue weighted by Crippen LogP contribution is -2.41. The summed E-state index contributed by atoms with van der Waals surface area (Å²) in [5.74, 6) is 2.20. The predicted octanol–water partition coefficient (Wildman–Crippen LogP) is 4.73. The number of methoxy groups -OCH3 is 2. The van der Waals surface area contributed by atoms with Crippen molar-refractivity contribution in [3.8, 4) is 11.5 Å². The summed E-state index contributed by atoms with van der Waals surface area (Å²) in [6, 6.07) is 12.0. The summed E-state index contributed by atoms with van der Waals surface area (Å²) in [4.78, 5) is 15.8. The van der Waals surface area contributed by atoms with Gasteiger partial charge in [0.2, 0.25) is 0 Å². The van der Waals surface area contributed by atoms with Crippen molar-refractivity contribution in [3.63, 3.8) is 0 Å². The number of hydrazone groups is 1. The second-order valence-corrected chi connectivity index (χ2v) is 9.39. The fourth-order valence-electron chi connectivity index (χ4n) is 4.86. The van der Waals surface area contributed by atoms with Crippen LogP contribution in [-0.2, 0) is 4.79 Å². The van der Waals surface area contributed by atoms with E-state index in [2.05, 4.69) is 43.9 Å². The molecule has 0 saturated carbocycles. The van der Waals surface area contributed by atoms with Crippen LogP contribution in [0, 0.1) is 19.8 Å². The number of carbonyl (C=O) groups excluding carboxylic acids is 1. The van der Waals surface area contributed by atoms with Gasteiger partial charge in [-0.05, 0) is 63.4 Å². The molecule has 1 amide bonds. The third-order valence-electron chi connectivity index (χ3n) is 6.89. The number of amides is 1. The van der Waals surface area contributed by atoms with E-state index in [0.717, 1.165) is 54.4 Å². The summed E-state index contributed by atoms with van der Waals surface area (Å²) in [5, 5.41) is 6.58. The molecule has 1 saturated heterocycles. The lowest BCUT2D eigenvalue weighted by Gasteiger charge is -2.31. The molecule has 0 unspecified atom stereocenters. The van der Waals surface area contributed by atoms with Gasteiger partial charge >= 0.3 is 0 Å². The molecule has 4 rings (SSSR count). The molecule has 0 aliphatic carbocycles. The number of carbonyl (C=O) groups is 1. The number of nitrogens with zero attached hydrogens (tertiary/aromatic N) is 3. The monoisotopic (exact) mass is 449 g/mol. The number of rotatable bonds is 6. The van der Waals surface area contributed by atoms with Gasteiger partial charge in [0.1, 0.15) is 11.5 Å². The first-order valence-electron chi connectivity index (χ1n) is 11.8. The van der Waals surface area contributed by atoms with Crippen LogP contribution in [0.1, 0.15) is 54.5 Å². The Balaban J connectivity index is 1.66. The number of aryl methyl sites for hydroxylation is 2. The van der Waals surface area contributed by atoms with Crippen LogP contribution in [0.2, 0.25) is 0 Å². The second kappa shape index (κ2) is 9.96. The maximum atomic E-state index is 13.5. The average Bonchev–Trinajstić information content (AvgIpc) is 3.25. The third-order valence-corrected chi connectivity index (χ3v) is 6.89. The standard InChI is InChI=1S/C27H35N3O3/c1-18-10-12-29(13-11-18)17-27(31)30-25(23-9-7-21(32-4)15-26(23)33-5)16-24(28-30)22-8-6-19(2)14-20(22)3/h6-9,14-15,18,25H,10-13,16-17H2,1-5H3/t25-/m0/s1. The van der Waals surface area contributed by atoms with E-state index < -0.39 is 0 Å². The highest BCUT2D eigenvalue weighted by Gasteiger charge is 2.36. The van der Waals surface area contributed by atoms with E-state index in [4.69, 9.17) is 14.6 Å². The lowest BCUT2D eigenvalue weighted by molar-refractivity contribution is -0.134. The van der Waals surface area contributed by atoms with Gasteiger partial charge in [-0.2, -0.15) is 5.10 Å². The molecule has 0 N–H and O–H groups in total. The topological polar surface area (TPSA) is 54.4 Å². The normalized spacial score (nSPS) is 19.5. The van der Waals surface area contributed by atoms with Crippen molar-refractivity contribution >= 4 is 11.6 Å². The molecule has 2 aliphatic rings. The molecule has 1 atom stereocenters. The predicted molar refractivity (Wildman–Crippen MR) is 131 cm³/mol. The van der Waals surface area contributed by atoms with Crippen molar-refractivity contribution in [3.05, 3.63) is 58.7 Å². The van der Waals surface area contributed by atoms with E-state index >= 15 is 0 Å². The Morgan fingerprint density at radius 1 is 1.06 bits per heavy atom. The molecule has 1 fully saturated rings. The molecule has 176 valence electrons. The molecule has 2 heterocycles. The number of likely N-dealkylation sites (tertiary alicyclic amines) is 1. The van der Waals surface area contributed by atoms with Gasteiger partial charge in [0.15, 0.2) is 0 Å². The van der Waals surface area contributed by atoms with E-state index in [1.54, 1.807) is 19.2 Å². The molecule has 33 heavy (non-hydrogen) atoms. The highest BCUT2D eigenvalue weighted by molar-refractivity contribution is 6.04. The number of ether oxygens (including phenoxy) is 2. The summed E-state index contributed by atoms with van der Waals surface area (Å²) in [6.07, 6.45) is 2.93. The largest absolute Gasteiger partial charge is 0.497 e. The maximum absolute atomic E-state index is 13.5. The number of benzene rings is 2. The number of hydrogen-bond acceptors (Lipinski definition) is 5. The van der Waals surface area contributed by atoms with Crippen LogP contribution in [0.5, 0.6) is 11.5 Å². The third kappa shape index (κ3) is 5.06. The number of piperidine rings is 1. The number of hydrogen-bond donors (Lipinski definition) is 0. The van der Waals surface area contributed by atoms with Crippen molar-refractivity contribution in [2.75, 3.05) is 33.9 Å². The Morgan fingerprint density at radius 3 is 2.48 bits per heavy atom. The lowest BCUT2D eigenvalue weighted by atomic mass is 9.94. The summed E-state index contributed by atoms with van der Waals surface area (Å²) in [6.45, 7) is 8.80. The Kier molecular flexibility index (Phi) is 7.03. The molecular formula is C27H35N3O3. The van der Waals surface area contributed by atoms with Gasteiger partial charge < -0.3 is 9.47 Å². The summed E-state index contributed by atoms with van der Waals surface area (Å²) in [5.41, 5.74) is 5.38. The SMILES string of the molecule is COc1ccc([C@@H]2CC(c3ccc(C)cc3C)=NN2C(=O)CN2CCC(C)CC2)c(OC)c1. The molecule has 6 heteroatoms. The van der Waals surface area contributed by atoms with Crippen LogP contribution >= 0.6 is 0 Å². The Hall–Kier alpha value is -2.86. The van der Waals surface area contributed by atoms with Crippen LogP contribution in [0.15, 0.2) is 41.5 Å². The minimum atomic E-state index is -0.210. The highest BCUT2D eigenvalue weighted by Crippen LogP contribution is 2.39. The summed E-state index contributed by atoms with van der Waals surface area (Å²) in [7, 11) is 3.29. The zero-order chi connectivity index (χ0) is 23.5. The second-order valence-electron chi connectivity index (χ2n) is 9.39. The van der Waals surface area contributed by atoms with E-state index in [9.17, 15) is 4.79 Å². The van der Waals surface area contributed by atoms with Crippen LogP contribution < -0.4 is 9.47 Å². The van der Waals surface area contributed by atoms with Crippen LogP contribution in [0.4, 0.5) is 0 Å². The minimum Gasteiger partial charge on any atom is -0.497 e. The molecule has 0 bridgehead atoms. The molecule has 2 aliphatic heterocycles. The van der Waals surface area contributed by atoms with Gasteiger partial charge in [0.05, 0.1) is 32.5 Å². The molecule has 0 radical (unpaired) electrons. The molecule has 0 spiro atoms. The van der Waals surface area contributed by atoms with Crippen LogP contribution in [0.25, 0.3) is 0 Å². The first-order chi connectivity index (χ1) is 15.9. The fourth-order valence-corrected chi connectivity index (χ4v) is 4.86. The Labute approximate surface area is 197 Å². The smallest absolute Gasteiger partial charge is 0.257 e. The van der Waals surface area contributed by atoms with Crippen molar-refractivity contribution in [2.24, 2.45) is 11.0 Å². The highest BCUT2D eigenvalue weighted by atomic mass is 16.5. The molecule has 2 aromatic carbocycles. The van der Waals surface area contributed by atoms with Gasteiger partial charge in [0, 0.05) is 23.6 Å². The average molecular weight is 450 g/mol. The van der Waals surface area contributed by atoms with Gasteiger partial charge in [-0.3, -0.25) is 9.69 Å². The van der Waals surface area contributed by atoms with Gasteiger partial charge in [-0.25, -0.2) is 5.01 Å². The van der Waals surface area contributed by atoms with E-state index in [0.29, 0.717) is 18.7 Å². The Bertz CT molecular complexity index is 1040. The fraction of sp³-hybridized carbons (Fsp3) is 0.481. The van der Waals surface area contributed by atoms with Gasteiger partial charge in [-0.1, -0.05) is 30.7 Å². The van der Waals surface area contributed by atoms with Gasteiger partial charge in [-0.15, -0.1) is 0 Å². The van der Waals surface area contributed by atoms with Crippen molar-refractivity contribution in [2.45, 2.75) is 46.1 Å². The molecule has 2 aromatic rings. The zero-order valence-electron chi connectivity index (χ0n) is 20.4. The first kappa shape index (κ1) is 23.3. The first-order valence-corrected chi connectivity index (χ1v) is 11.8. The zero-order valence-corrected chi connectivity index (χ0v) is 20.4. The van der Waals surface area contributed by atoms with E-state index in [1.165, 1.54) is 11.1 Å². The maximum Gasteiger partial charge on any atom is 0.257 e. The quantitative estimate of drug-likeness (QED) is 0.640. The molecule has 0 aromatic heterocycles. The Morgan fingerprint density at radius 2 is 1.82 bits per heavy atom. The summed E-state index contributed by atoms with van der Waals surface area (Å²) < 4.78 is 11.1. The molecule has 6 nitrogen and oxygen atoms in total. The van der Waals surface area contributed by atoms with Crippen LogP contribution in [0.3, 0.4) is 0 Å². The minimum absolute atomic E-state index is 0.0344. The van der Waals surface area contributed by atoms with Gasteiger partial charge in [0.25, 0.3) is 5.91 Å². The molecular weight excluding hydrogens is 414 g/mol. The van der Waals surface area contributed by atoms with Crippen LogP contribution in [-0.4, -0.2) is 55.4 Å². The van der Waals surface area contributed by atoms with E-state index in [-0.39, 0.29) is 11.9 Å².